The average molecular weight is 357 g/mol. The molecule has 2 atom stereocenters. The van der Waals surface area contributed by atoms with Gasteiger partial charge in [-0.3, -0.25) is 15.0 Å². The average Bonchev–Trinajstić information content (AvgIpc) is 2.49. The van der Waals surface area contributed by atoms with E-state index >= 15 is 0 Å². The number of hydrogen-bond acceptors (Lipinski definition) is 5. The highest BCUT2D eigenvalue weighted by Crippen LogP contribution is 2.45. The summed E-state index contributed by atoms with van der Waals surface area (Å²) in [5.74, 6) is 1.32. The van der Waals surface area contributed by atoms with Crippen molar-refractivity contribution in [1.29, 1.82) is 0 Å². The lowest BCUT2D eigenvalue weighted by atomic mass is 9.84. The van der Waals surface area contributed by atoms with E-state index in [0.29, 0.717) is 11.7 Å². The van der Waals surface area contributed by atoms with E-state index in [2.05, 4.69) is 11.8 Å². The summed E-state index contributed by atoms with van der Waals surface area (Å²) in [6.07, 6.45) is 1.43. The Balaban J connectivity index is 0.00000208. The smallest absolute Gasteiger partial charge is 0.270 e. The normalized spacial score (nSPS) is 26.8. The molecule has 1 N–H and O–H groups in total. The molecule has 2 heterocycles. The van der Waals surface area contributed by atoms with Crippen LogP contribution in [0.3, 0.4) is 0 Å². The number of piperidine rings is 1. The Labute approximate surface area is 148 Å². The molecule has 2 aliphatic rings. The van der Waals surface area contributed by atoms with E-state index in [1.165, 1.54) is 6.07 Å². The third kappa shape index (κ3) is 3.36. The quantitative estimate of drug-likeness (QED) is 0.649. The van der Waals surface area contributed by atoms with Gasteiger partial charge in [-0.1, -0.05) is 6.92 Å². The van der Waals surface area contributed by atoms with Crippen LogP contribution in [0.4, 0.5) is 5.69 Å². The van der Waals surface area contributed by atoms with Crippen LogP contribution in [-0.4, -0.2) is 39.7 Å². The summed E-state index contributed by atoms with van der Waals surface area (Å²) in [7, 11) is 0. The molecule has 6 nitrogen and oxygen atoms in total. The Bertz CT molecular complexity index is 615. The number of nitro benzene ring substituents is 1. The molecule has 1 saturated heterocycles. The molecule has 2 aliphatic heterocycles. The van der Waals surface area contributed by atoms with Crippen molar-refractivity contribution in [2.75, 3.05) is 13.1 Å². The zero-order chi connectivity index (χ0) is 16.8. The minimum atomic E-state index is -0.731. The predicted octanol–water partition coefficient (Wildman–Crippen LogP) is 3.32. The Morgan fingerprint density at radius 3 is 2.54 bits per heavy atom. The Morgan fingerprint density at radius 2 is 1.96 bits per heavy atom. The van der Waals surface area contributed by atoms with Crippen molar-refractivity contribution in [2.45, 2.75) is 51.4 Å². The van der Waals surface area contributed by atoms with Gasteiger partial charge < -0.3 is 9.84 Å². The second-order valence-corrected chi connectivity index (χ2v) is 7.29. The van der Waals surface area contributed by atoms with Gasteiger partial charge in [0.1, 0.15) is 17.5 Å². The molecule has 0 radical (unpaired) electrons. The van der Waals surface area contributed by atoms with Crippen LogP contribution in [-0.2, 0) is 0 Å². The third-order valence-electron chi connectivity index (χ3n) is 5.12. The molecule has 7 heteroatoms. The number of likely N-dealkylation sites (tertiary alicyclic amines) is 1. The predicted molar refractivity (Wildman–Crippen MR) is 93.8 cm³/mol. The van der Waals surface area contributed by atoms with Crippen molar-refractivity contribution < 1.29 is 14.8 Å². The van der Waals surface area contributed by atoms with E-state index in [9.17, 15) is 15.2 Å². The van der Waals surface area contributed by atoms with E-state index < -0.39 is 16.6 Å². The first kappa shape index (κ1) is 19.0. The van der Waals surface area contributed by atoms with Crippen LogP contribution in [0.15, 0.2) is 18.2 Å². The SMILES string of the molecule is CC1CCN([C@@H]2c3cc([N+](=O)[O-])ccc3OC(C)(C)[C@H]2O)CC1.Cl. The maximum atomic E-state index is 11.1. The van der Waals surface area contributed by atoms with Crippen LogP contribution in [0.1, 0.15) is 45.2 Å². The van der Waals surface area contributed by atoms with E-state index in [4.69, 9.17) is 4.74 Å². The summed E-state index contributed by atoms with van der Waals surface area (Å²) in [5.41, 5.74) is 0.0341. The first-order valence-electron chi connectivity index (χ1n) is 8.19. The largest absolute Gasteiger partial charge is 0.485 e. The summed E-state index contributed by atoms with van der Waals surface area (Å²) in [5, 5.41) is 22.0. The molecule has 0 saturated carbocycles. The van der Waals surface area contributed by atoms with Crippen LogP contribution >= 0.6 is 12.4 Å². The zero-order valence-electron chi connectivity index (χ0n) is 14.3. The van der Waals surface area contributed by atoms with Crippen LogP contribution in [0.2, 0.25) is 0 Å². The van der Waals surface area contributed by atoms with Gasteiger partial charge in [-0.15, -0.1) is 12.4 Å². The van der Waals surface area contributed by atoms with E-state index in [1.807, 2.05) is 13.8 Å². The van der Waals surface area contributed by atoms with Crippen LogP contribution in [0, 0.1) is 16.0 Å². The molecule has 0 amide bonds. The summed E-state index contributed by atoms with van der Waals surface area (Å²) in [6.45, 7) is 7.74. The number of fused-ring (bicyclic) bond motifs is 1. The number of nitrogens with zero attached hydrogens (tertiary/aromatic N) is 2. The molecule has 0 bridgehead atoms. The molecule has 0 aromatic heterocycles. The summed E-state index contributed by atoms with van der Waals surface area (Å²) in [4.78, 5) is 13.0. The van der Waals surface area contributed by atoms with Crippen LogP contribution in [0.25, 0.3) is 0 Å². The second-order valence-electron chi connectivity index (χ2n) is 7.29. The Hall–Kier alpha value is -1.37. The number of hydrogen-bond donors (Lipinski definition) is 1. The fraction of sp³-hybridized carbons (Fsp3) is 0.647. The Morgan fingerprint density at radius 1 is 1.33 bits per heavy atom. The van der Waals surface area contributed by atoms with E-state index in [-0.39, 0.29) is 24.1 Å². The highest BCUT2D eigenvalue weighted by atomic mass is 35.5. The lowest BCUT2D eigenvalue weighted by molar-refractivity contribution is -0.385. The number of halogens is 1. The van der Waals surface area contributed by atoms with Gasteiger partial charge >= 0.3 is 0 Å². The minimum Gasteiger partial charge on any atom is -0.485 e. The molecule has 0 spiro atoms. The van der Waals surface area contributed by atoms with E-state index in [1.54, 1.807) is 12.1 Å². The summed E-state index contributed by atoms with van der Waals surface area (Å²) in [6, 6.07) is 4.40. The molecule has 1 aromatic carbocycles. The minimum absolute atomic E-state index is 0. The monoisotopic (exact) mass is 356 g/mol. The number of aliphatic hydroxyl groups excluding tert-OH is 1. The molecule has 3 rings (SSSR count). The maximum absolute atomic E-state index is 11.1. The molecule has 1 fully saturated rings. The van der Waals surface area contributed by atoms with Gasteiger partial charge in [0.05, 0.1) is 11.0 Å². The van der Waals surface area contributed by atoms with Crippen molar-refractivity contribution in [3.63, 3.8) is 0 Å². The lowest BCUT2D eigenvalue weighted by Gasteiger charge is -2.47. The first-order chi connectivity index (χ1) is 10.8. The van der Waals surface area contributed by atoms with Crippen molar-refractivity contribution in [3.8, 4) is 5.75 Å². The first-order valence-corrected chi connectivity index (χ1v) is 8.19. The number of non-ortho nitro benzene ring substituents is 1. The van der Waals surface area contributed by atoms with Gasteiger partial charge in [-0.2, -0.15) is 0 Å². The number of benzene rings is 1. The highest BCUT2D eigenvalue weighted by molar-refractivity contribution is 5.85. The van der Waals surface area contributed by atoms with Crippen LogP contribution < -0.4 is 4.74 Å². The molecule has 134 valence electrons. The van der Waals surface area contributed by atoms with Gasteiger partial charge in [0.2, 0.25) is 0 Å². The topological polar surface area (TPSA) is 75.8 Å². The number of nitro groups is 1. The molecule has 1 aromatic rings. The fourth-order valence-corrected chi connectivity index (χ4v) is 3.57. The summed E-state index contributed by atoms with van der Waals surface area (Å²) < 4.78 is 5.91. The Kier molecular flexibility index (Phi) is 5.42. The van der Waals surface area contributed by atoms with Gasteiger partial charge in [0, 0.05) is 17.7 Å². The van der Waals surface area contributed by atoms with Crippen LogP contribution in [0.5, 0.6) is 5.75 Å². The van der Waals surface area contributed by atoms with E-state index in [0.717, 1.165) is 31.5 Å². The molecule has 0 unspecified atom stereocenters. The third-order valence-corrected chi connectivity index (χ3v) is 5.12. The molecular weight excluding hydrogens is 332 g/mol. The second kappa shape index (κ2) is 6.86. The summed E-state index contributed by atoms with van der Waals surface area (Å²) >= 11 is 0. The number of rotatable bonds is 2. The molecule has 24 heavy (non-hydrogen) atoms. The highest BCUT2D eigenvalue weighted by Gasteiger charge is 2.46. The lowest BCUT2D eigenvalue weighted by Crippen LogP contribution is -2.54. The van der Waals surface area contributed by atoms with Gasteiger partial charge in [0.15, 0.2) is 0 Å². The fourth-order valence-electron chi connectivity index (χ4n) is 3.57. The standard InChI is InChI=1S/C17H24N2O4.ClH/c1-11-6-8-18(9-7-11)15-13-10-12(19(21)22)4-5-14(13)23-17(2,3)16(15)20;/h4-5,10-11,15-16,20H,6-9H2,1-3H3;1H/t15-,16+;/m1./s1. The zero-order valence-corrected chi connectivity index (χ0v) is 15.1. The van der Waals surface area contributed by atoms with Crippen molar-refractivity contribution in [3.05, 3.63) is 33.9 Å². The molecular formula is C17H25ClN2O4. The van der Waals surface area contributed by atoms with Crippen molar-refractivity contribution in [2.24, 2.45) is 5.92 Å². The van der Waals surface area contributed by atoms with Gasteiger partial charge in [-0.25, -0.2) is 0 Å². The molecule has 0 aliphatic carbocycles. The van der Waals surface area contributed by atoms with Crippen molar-refractivity contribution in [1.82, 2.24) is 4.90 Å². The number of ether oxygens (including phenoxy) is 1. The van der Waals surface area contributed by atoms with Gasteiger partial charge in [-0.05, 0) is 51.8 Å². The van der Waals surface area contributed by atoms with Gasteiger partial charge in [0.25, 0.3) is 5.69 Å². The number of aliphatic hydroxyl groups is 1. The van der Waals surface area contributed by atoms with Crippen molar-refractivity contribution >= 4 is 18.1 Å². The maximum Gasteiger partial charge on any atom is 0.270 e.